The third-order valence-corrected chi connectivity index (χ3v) is 3.38. The van der Waals surface area contributed by atoms with Crippen LogP contribution in [0.1, 0.15) is 19.8 Å². The van der Waals surface area contributed by atoms with Crippen molar-refractivity contribution in [2.24, 2.45) is 0 Å². The van der Waals surface area contributed by atoms with Crippen LogP contribution >= 0.6 is 12.4 Å². The number of hydrogen-bond acceptors (Lipinski definition) is 8. The maximum absolute atomic E-state index is 11.6. The molecule has 9 nitrogen and oxygen atoms in total. The summed E-state index contributed by atoms with van der Waals surface area (Å²) in [6.45, 7) is 1.57. The molecule has 1 rings (SSSR count). The molecule has 1 amide bonds. The first kappa shape index (κ1) is 23.0. The minimum Gasteiger partial charge on any atom is -0.462 e. The van der Waals surface area contributed by atoms with Crippen LogP contribution in [0.5, 0.6) is 0 Å². The van der Waals surface area contributed by atoms with Crippen LogP contribution < -0.4 is 5.32 Å². The number of ether oxygens (including phenoxy) is 2. The van der Waals surface area contributed by atoms with E-state index in [1.165, 1.54) is 0 Å². The van der Waals surface area contributed by atoms with E-state index in [1.54, 1.807) is 19.0 Å². The SMILES string of the molecule is CCCC(=O)N[C@H]1C(O)OC(COC(=O)CN(C)C)[C@@H](O)[C@@H]1O.Cl. The quantitative estimate of drug-likeness (QED) is 0.388. The van der Waals surface area contributed by atoms with Crippen molar-refractivity contribution in [1.29, 1.82) is 0 Å². The third kappa shape index (κ3) is 6.88. The van der Waals surface area contributed by atoms with Gasteiger partial charge >= 0.3 is 5.97 Å². The van der Waals surface area contributed by atoms with Gasteiger partial charge in [0, 0.05) is 6.42 Å². The summed E-state index contributed by atoms with van der Waals surface area (Å²) >= 11 is 0. The molecule has 1 heterocycles. The number of amides is 1. The number of nitrogens with one attached hydrogen (secondary N) is 1. The highest BCUT2D eigenvalue weighted by Gasteiger charge is 2.44. The number of aliphatic hydroxyl groups excluding tert-OH is 3. The molecule has 0 spiro atoms. The topological polar surface area (TPSA) is 129 Å². The molecule has 142 valence electrons. The summed E-state index contributed by atoms with van der Waals surface area (Å²) in [5.41, 5.74) is 0. The van der Waals surface area contributed by atoms with Gasteiger partial charge in [-0.25, -0.2) is 0 Å². The smallest absolute Gasteiger partial charge is 0.320 e. The van der Waals surface area contributed by atoms with Gasteiger partial charge in [0.15, 0.2) is 6.29 Å². The predicted octanol–water partition coefficient (Wildman–Crippen LogP) is -1.76. The standard InChI is InChI=1S/C14H26N2O7.ClH/c1-4-5-9(17)15-11-13(20)12(19)8(23-14(11)21)7-22-10(18)6-16(2)3;/h8,11-14,19-21H,4-7H2,1-3H3,(H,15,17);1H/t8?,11-,12-,13-,14?;/m1./s1. The number of aliphatic hydroxyl groups is 3. The summed E-state index contributed by atoms with van der Waals surface area (Å²) in [6, 6.07) is -1.14. The average Bonchev–Trinajstić information content (AvgIpc) is 2.45. The van der Waals surface area contributed by atoms with Gasteiger partial charge in [0.2, 0.25) is 5.91 Å². The molecule has 1 fully saturated rings. The zero-order valence-corrected chi connectivity index (χ0v) is 14.9. The second kappa shape index (κ2) is 10.8. The number of rotatable bonds is 7. The lowest BCUT2D eigenvalue weighted by molar-refractivity contribution is -0.255. The van der Waals surface area contributed by atoms with Crippen LogP contribution in [-0.2, 0) is 19.1 Å². The fourth-order valence-electron chi connectivity index (χ4n) is 2.20. The van der Waals surface area contributed by atoms with E-state index in [1.807, 2.05) is 6.92 Å². The minimum atomic E-state index is -1.51. The Labute approximate surface area is 147 Å². The highest BCUT2D eigenvalue weighted by Crippen LogP contribution is 2.20. The summed E-state index contributed by atoms with van der Waals surface area (Å²) in [5.74, 6) is -0.879. The van der Waals surface area contributed by atoms with E-state index in [2.05, 4.69) is 5.32 Å². The van der Waals surface area contributed by atoms with Crippen molar-refractivity contribution in [3.05, 3.63) is 0 Å². The monoisotopic (exact) mass is 370 g/mol. The number of halogens is 1. The van der Waals surface area contributed by atoms with Crippen molar-refractivity contribution in [3.8, 4) is 0 Å². The highest BCUT2D eigenvalue weighted by atomic mass is 35.5. The average molecular weight is 371 g/mol. The van der Waals surface area contributed by atoms with Crippen LogP contribution in [0, 0.1) is 0 Å². The van der Waals surface area contributed by atoms with Crippen LogP contribution in [-0.4, -0.2) is 90.0 Å². The van der Waals surface area contributed by atoms with Crippen LogP contribution in [0.25, 0.3) is 0 Å². The minimum absolute atomic E-state index is 0. The van der Waals surface area contributed by atoms with Gasteiger partial charge in [-0.1, -0.05) is 6.92 Å². The van der Waals surface area contributed by atoms with Crippen molar-refractivity contribution in [2.75, 3.05) is 27.2 Å². The summed E-state index contributed by atoms with van der Waals surface area (Å²) in [4.78, 5) is 24.6. The first-order valence-electron chi connectivity index (χ1n) is 7.55. The van der Waals surface area contributed by atoms with Crippen LogP contribution in [0.3, 0.4) is 0 Å². The van der Waals surface area contributed by atoms with Gasteiger partial charge in [0.25, 0.3) is 0 Å². The molecule has 5 atom stereocenters. The molecular weight excluding hydrogens is 344 g/mol. The van der Waals surface area contributed by atoms with Gasteiger partial charge in [-0.3, -0.25) is 14.5 Å². The van der Waals surface area contributed by atoms with Crippen molar-refractivity contribution in [2.45, 2.75) is 50.4 Å². The van der Waals surface area contributed by atoms with Gasteiger partial charge in [-0.05, 0) is 20.5 Å². The summed E-state index contributed by atoms with van der Waals surface area (Å²) in [7, 11) is 3.40. The zero-order valence-electron chi connectivity index (χ0n) is 14.0. The Morgan fingerprint density at radius 2 is 1.83 bits per heavy atom. The fourth-order valence-corrected chi connectivity index (χ4v) is 2.20. The van der Waals surface area contributed by atoms with E-state index in [4.69, 9.17) is 9.47 Å². The van der Waals surface area contributed by atoms with Gasteiger partial charge in [-0.2, -0.15) is 0 Å². The van der Waals surface area contributed by atoms with Crippen LogP contribution in [0.2, 0.25) is 0 Å². The third-order valence-electron chi connectivity index (χ3n) is 3.38. The molecule has 10 heteroatoms. The molecule has 1 saturated heterocycles. The molecule has 0 saturated carbocycles. The number of hydrogen-bond donors (Lipinski definition) is 4. The molecular formula is C14H27ClN2O7. The maximum atomic E-state index is 11.6. The van der Waals surface area contributed by atoms with Gasteiger partial charge in [-0.15, -0.1) is 12.4 Å². The molecule has 24 heavy (non-hydrogen) atoms. The number of esters is 1. The van der Waals surface area contributed by atoms with E-state index in [-0.39, 0.29) is 37.9 Å². The summed E-state index contributed by atoms with van der Waals surface area (Å²) < 4.78 is 10.1. The van der Waals surface area contributed by atoms with Crippen molar-refractivity contribution >= 4 is 24.3 Å². The molecule has 0 aromatic heterocycles. The molecule has 2 unspecified atom stereocenters. The van der Waals surface area contributed by atoms with E-state index >= 15 is 0 Å². The summed E-state index contributed by atoms with van der Waals surface area (Å²) in [5, 5.41) is 32.4. The largest absolute Gasteiger partial charge is 0.462 e. The van der Waals surface area contributed by atoms with E-state index in [0.29, 0.717) is 6.42 Å². The highest BCUT2D eigenvalue weighted by molar-refractivity contribution is 5.85. The predicted molar refractivity (Wildman–Crippen MR) is 86.5 cm³/mol. The first-order chi connectivity index (χ1) is 10.8. The second-order valence-corrected chi connectivity index (χ2v) is 5.81. The molecule has 1 aliphatic heterocycles. The Balaban J connectivity index is 0.00000529. The Kier molecular flexibility index (Phi) is 10.4. The number of likely N-dealkylation sites (N-methyl/N-ethyl adjacent to an activating group) is 1. The van der Waals surface area contributed by atoms with E-state index in [0.717, 1.165) is 0 Å². The Morgan fingerprint density at radius 3 is 2.38 bits per heavy atom. The van der Waals surface area contributed by atoms with Crippen LogP contribution in [0.4, 0.5) is 0 Å². The Hall–Kier alpha value is -0.970. The van der Waals surface area contributed by atoms with Crippen molar-refractivity contribution < 1.29 is 34.4 Å². The van der Waals surface area contributed by atoms with E-state index < -0.39 is 36.6 Å². The number of carbonyl (C=O) groups excluding carboxylic acids is 2. The Bertz CT molecular complexity index is 411. The molecule has 0 bridgehead atoms. The lowest BCUT2D eigenvalue weighted by Crippen LogP contribution is -2.64. The zero-order chi connectivity index (χ0) is 17.6. The van der Waals surface area contributed by atoms with Gasteiger partial charge < -0.3 is 30.1 Å². The number of nitrogens with zero attached hydrogens (tertiary/aromatic N) is 1. The van der Waals surface area contributed by atoms with E-state index in [9.17, 15) is 24.9 Å². The first-order valence-corrected chi connectivity index (χ1v) is 7.55. The molecule has 0 aromatic carbocycles. The molecule has 0 aliphatic carbocycles. The van der Waals surface area contributed by atoms with Gasteiger partial charge in [0.05, 0.1) is 6.54 Å². The normalized spacial score (nSPS) is 29.7. The molecule has 0 radical (unpaired) electrons. The van der Waals surface area contributed by atoms with Gasteiger partial charge in [0.1, 0.15) is 31.0 Å². The second-order valence-electron chi connectivity index (χ2n) is 5.81. The number of carbonyl (C=O) groups is 2. The van der Waals surface area contributed by atoms with Crippen LogP contribution in [0.15, 0.2) is 0 Å². The fraction of sp³-hybridized carbons (Fsp3) is 0.857. The lowest BCUT2D eigenvalue weighted by atomic mass is 9.97. The molecule has 0 aromatic rings. The van der Waals surface area contributed by atoms with Crippen molar-refractivity contribution in [1.82, 2.24) is 10.2 Å². The maximum Gasteiger partial charge on any atom is 0.320 e. The summed E-state index contributed by atoms with van der Waals surface area (Å²) in [6.07, 6.45) is -4.58. The lowest BCUT2D eigenvalue weighted by Gasteiger charge is -2.40. The molecule has 1 aliphatic rings. The molecule has 4 N–H and O–H groups in total. The van der Waals surface area contributed by atoms with Crippen molar-refractivity contribution in [3.63, 3.8) is 0 Å². The Morgan fingerprint density at radius 1 is 1.21 bits per heavy atom.